The third-order valence-corrected chi connectivity index (χ3v) is 7.43. The molecule has 0 spiro atoms. The zero-order chi connectivity index (χ0) is 30.9. The minimum absolute atomic E-state index is 0.0634. The van der Waals surface area contributed by atoms with Gasteiger partial charge in [-0.25, -0.2) is 18.9 Å². The smallest absolute Gasteiger partial charge is 0.469 e. The molecule has 0 aliphatic carbocycles. The van der Waals surface area contributed by atoms with Crippen LogP contribution < -0.4 is 15.4 Å². The first-order chi connectivity index (χ1) is 21.2. The molecule has 44 heavy (non-hydrogen) atoms. The predicted octanol–water partition coefficient (Wildman–Crippen LogP) is 3.32. The summed E-state index contributed by atoms with van der Waals surface area (Å²) in [6.07, 6.45) is 6.29. The topological polar surface area (TPSA) is 173 Å². The SMILES string of the molecule is O=C(Cn1cc(Nc2ncnc3cc(OCCN(CCOP(=O)(O)O)C4CCOCC4)ccc23)cn1)Nc1cccc(F)c1. The molecule has 4 aromatic rings. The standard InChI is InChI=1S/C28H33FN7O7P/c29-20-2-1-3-21(14-20)33-27(37)18-36-17-22(16-32-36)34-28-25-5-4-24(15-26(25)30-19-31-28)42-12-8-35(9-13-43-44(38,39)40)23-6-10-41-11-7-23/h1-5,14-17,19,23H,6-13,18H2,(H,33,37)(H,30,31,34)(H2,38,39,40). The fraction of sp³-hybridized carbons (Fsp3) is 0.357. The molecule has 1 fully saturated rings. The van der Waals surface area contributed by atoms with Crippen LogP contribution in [-0.4, -0.2) is 85.9 Å². The summed E-state index contributed by atoms with van der Waals surface area (Å²) >= 11 is 0. The van der Waals surface area contributed by atoms with E-state index in [0.29, 0.717) is 61.4 Å². The number of anilines is 3. The Hall–Kier alpha value is -3.98. The van der Waals surface area contributed by atoms with Gasteiger partial charge in [0, 0.05) is 55.7 Å². The van der Waals surface area contributed by atoms with Crippen LogP contribution in [0, 0.1) is 5.82 Å². The van der Waals surface area contributed by atoms with Crippen molar-refractivity contribution in [3.63, 3.8) is 0 Å². The second-order valence-corrected chi connectivity index (χ2v) is 11.3. The van der Waals surface area contributed by atoms with Gasteiger partial charge in [-0.15, -0.1) is 0 Å². The molecule has 234 valence electrons. The van der Waals surface area contributed by atoms with Gasteiger partial charge < -0.3 is 29.9 Å². The van der Waals surface area contributed by atoms with Gasteiger partial charge in [0.05, 0.1) is 24.0 Å². The second-order valence-electron chi connectivity index (χ2n) is 10.1. The minimum Gasteiger partial charge on any atom is -0.492 e. The van der Waals surface area contributed by atoms with E-state index in [1.54, 1.807) is 24.5 Å². The van der Waals surface area contributed by atoms with Gasteiger partial charge in [-0.1, -0.05) is 6.07 Å². The Labute approximate surface area is 252 Å². The number of hydrogen-bond donors (Lipinski definition) is 4. The van der Waals surface area contributed by atoms with E-state index in [9.17, 15) is 13.8 Å². The monoisotopic (exact) mass is 629 g/mol. The van der Waals surface area contributed by atoms with E-state index in [0.717, 1.165) is 18.2 Å². The maximum absolute atomic E-state index is 13.4. The lowest BCUT2D eigenvalue weighted by molar-refractivity contribution is -0.116. The molecule has 1 aliphatic heterocycles. The largest absolute Gasteiger partial charge is 0.492 e. The van der Waals surface area contributed by atoms with Gasteiger partial charge >= 0.3 is 7.82 Å². The van der Waals surface area contributed by atoms with Crippen LogP contribution in [0.4, 0.5) is 21.6 Å². The van der Waals surface area contributed by atoms with Gasteiger partial charge in [-0.05, 0) is 43.2 Å². The molecule has 1 aliphatic rings. The van der Waals surface area contributed by atoms with E-state index in [4.69, 9.17) is 19.3 Å². The van der Waals surface area contributed by atoms with Crippen molar-refractivity contribution in [2.45, 2.75) is 25.4 Å². The summed E-state index contributed by atoms with van der Waals surface area (Å²) in [7, 11) is -4.53. The van der Waals surface area contributed by atoms with Crippen molar-refractivity contribution in [3.05, 3.63) is 67.0 Å². The molecule has 0 unspecified atom stereocenters. The fourth-order valence-electron chi connectivity index (χ4n) is 4.88. The Morgan fingerprint density at radius 1 is 1.11 bits per heavy atom. The lowest BCUT2D eigenvalue weighted by Crippen LogP contribution is -2.43. The molecule has 0 saturated carbocycles. The number of amides is 1. The first-order valence-corrected chi connectivity index (χ1v) is 15.5. The first kappa shape index (κ1) is 31.4. The van der Waals surface area contributed by atoms with Gasteiger partial charge in [0.1, 0.15) is 36.9 Å². The maximum atomic E-state index is 13.4. The molecule has 3 heterocycles. The number of fused-ring (bicyclic) bond motifs is 1. The number of benzene rings is 2. The van der Waals surface area contributed by atoms with E-state index >= 15 is 0 Å². The number of aromatic nitrogens is 4. The highest BCUT2D eigenvalue weighted by Gasteiger charge is 2.23. The Bertz CT molecular complexity index is 1610. The molecular weight excluding hydrogens is 596 g/mol. The van der Waals surface area contributed by atoms with Crippen LogP contribution >= 0.6 is 7.82 Å². The maximum Gasteiger partial charge on any atom is 0.469 e. The number of nitrogens with zero attached hydrogens (tertiary/aromatic N) is 5. The first-order valence-electron chi connectivity index (χ1n) is 14.0. The van der Waals surface area contributed by atoms with Crippen LogP contribution in [0.1, 0.15) is 12.8 Å². The molecule has 4 N–H and O–H groups in total. The zero-order valence-corrected chi connectivity index (χ0v) is 24.6. The van der Waals surface area contributed by atoms with Crippen molar-refractivity contribution >= 4 is 41.8 Å². The van der Waals surface area contributed by atoms with Crippen molar-refractivity contribution in [3.8, 4) is 5.75 Å². The van der Waals surface area contributed by atoms with Crippen LogP contribution in [0.15, 0.2) is 61.2 Å². The van der Waals surface area contributed by atoms with Crippen LogP contribution in [0.3, 0.4) is 0 Å². The molecular formula is C28H33FN7O7P. The summed E-state index contributed by atoms with van der Waals surface area (Å²) < 4.78 is 42.0. The number of ether oxygens (including phenoxy) is 2. The molecule has 0 bridgehead atoms. The molecule has 1 saturated heterocycles. The summed E-state index contributed by atoms with van der Waals surface area (Å²) in [6, 6.07) is 11.3. The Kier molecular flexibility index (Phi) is 10.5. The van der Waals surface area contributed by atoms with Crippen molar-refractivity contribution in [1.82, 2.24) is 24.6 Å². The average molecular weight is 630 g/mol. The molecule has 16 heteroatoms. The highest BCUT2D eigenvalue weighted by molar-refractivity contribution is 7.46. The number of rotatable bonds is 14. The number of carbonyl (C=O) groups is 1. The third kappa shape index (κ3) is 9.26. The molecule has 0 radical (unpaired) electrons. The number of halogens is 1. The molecule has 0 atom stereocenters. The molecule has 5 rings (SSSR count). The lowest BCUT2D eigenvalue weighted by Gasteiger charge is -2.34. The van der Waals surface area contributed by atoms with Gasteiger partial charge in [-0.3, -0.25) is 18.9 Å². The van der Waals surface area contributed by atoms with E-state index in [1.807, 2.05) is 12.1 Å². The van der Waals surface area contributed by atoms with Gasteiger partial charge in [0.15, 0.2) is 0 Å². The van der Waals surface area contributed by atoms with Crippen LogP contribution in [0.25, 0.3) is 10.9 Å². The molecule has 2 aromatic heterocycles. The van der Waals surface area contributed by atoms with Gasteiger partial charge in [0.25, 0.3) is 0 Å². The number of phosphoric acid groups is 1. The lowest BCUT2D eigenvalue weighted by atomic mass is 10.1. The summed E-state index contributed by atoms with van der Waals surface area (Å²) in [6.45, 7) is 2.35. The Balaban J connectivity index is 1.17. The number of phosphoric ester groups is 1. The van der Waals surface area contributed by atoms with Crippen LogP contribution in [0.5, 0.6) is 5.75 Å². The fourth-order valence-corrected chi connectivity index (χ4v) is 5.20. The predicted molar refractivity (Wildman–Crippen MR) is 159 cm³/mol. The second kappa shape index (κ2) is 14.7. The summed E-state index contributed by atoms with van der Waals surface area (Å²) in [5.41, 5.74) is 1.62. The Morgan fingerprint density at radius 2 is 1.93 bits per heavy atom. The van der Waals surface area contributed by atoms with E-state index in [-0.39, 0.29) is 25.1 Å². The van der Waals surface area contributed by atoms with E-state index in [1.165, 1.54) is 29.2 Å². The minimum atomic E-state index is -4.53. The van der Waals surface area contributed by atoms with Crippen LogP contribution in [-0.2, 0) is 25.2 Å². The normalized spacial score (nSPS) is 14.2. The van der Waals surface area contributed by atoms with E-state index in [2.05, 4.69) is 35.1 Å². The summed E-state index contributed by atoms with van der Waals surface area (Å²) in [5, 5.41) is 10.8. The summed E-state index contributed by atoms with van der Waals surface area (Å²) in [5.74, 6) is 0.361. The van der Waals surface area contributed by atoms with Gasteiger partial charge in [-0.2, -0.15) is 5.10 Å². The quantitative estimate of drug-likeness (QED) is 0.150. The number of carbonyl (C=O) groups excluding carboxylic acids is 1. The highest BCUT2D eigenvalue weighted by Crippen LogP contribution is 2.35. The Morgan fingerprint density at radius 3 is 2.73 bits per heavy atom. The summed E-state index contributed by atoms with van der Waals surface area (Å²) in [4.78, 5) is 41.2. The molecule has 2 aromatic carbocycles. The molecule has 14 nitrogen and oxygen atoms in total. The van der Waals surface area contributed by atoms with Crippen LogP contribution in [0.2, 0.25) is 0 Å². The third-order valence-electron chi connectivity index (χ3n) is 6.91. The van der Waals surface area contributed by atoms with Crippen molar-refractivity contribution in [1.29, 1.82) is 0 Å². The number of hydrogen-bond acceptors (Lipinski definition) is 10. The average Bonchev–Trinajstić information content (AvgIpc) is 3.42. The van der Waals surface area contributed by atoms with Crippen molar-refractivity contribution in [2.24, 2.45) is 0 Å². The number of nitrogens with one attached hydrogen (secondary N) is 2. The highest BCUT2D eigenvalue weighted by atomic mass is 31.2. The zero-order valence-electron chi connectivity index (χ0n) is 23.7. The van der Waals surface area contributed by atoms with Crippen molar-refractivity contribution in [2.75, 3.05) is 50.2 Å². The molecule has 1 amide bonds. The van der Waals surface area contributed by atoms with E-state index < -0.39 is 13.6 Å². The van der Waals surface area contributed by atoms with Gasteiger partial charge in [0.2, 0.25) is 5.91 Å². The van der Waals surface area contributed by atoms with Crippen molar-refractivity contribution < 1.29 is 37.5 Å².